The molecule has 3 aromatic carbocycles. The monoisotopic (exact) mass is 394 g/mol. The highest BCUT2D eigenvalue weighted by Gasteiger charge is 2.09. The van der Waals surface area contributed by atoms with Crippen molar-refractivity contribution in [1.29, 1.82) is 0 Å². The zero-order valence-electron chi connectivity index (χ0n) is 16.4. The van der Waals surface area contributed by atoms with E-state index < -0.39 is 0 Å². The minimum Gasteiger partial charge on any atom is -0.381 e. The van der Waals surface area contributed by atoms with Gasteiger partial charge in [-0.25, -0.2) is 0 Å². The van der Waals surface area contributed by atoms with Crippen LogP contribution in [0.5, 0.6) is 0 Å². The van der Waals surface area contributed by atoms with Crippen molar-refractivity contribution in [2.45, 2.75) is 6.54 Å². The number of hydrogen-bond donors (Lipinski definition) is 3. The normalized spacial score (nSPS) is 10.3. The largest absolute Gasteiger partial charge is 0.381 e. The number of aldehydes is 1. The molecule has 3 N–H and O–H groups in total. The van der Waals surface area contributed by atoms with Gasteiger partial charge < -0.3 is 10.3 Å². The fourth-order valence-corrected chi connectivity index (χ4v) is 3.14. The first-order valence-corrected chi connectivity index (χ1v) is 9.73. The van der Waals surface area contributed by atoms with Crippen molar-refractivity contribution in [3.8, 4) is 11.4 Å². The lowest BCUT2D eigenvalue weighted by Crippen LogP contribution is -1.98. The number of aromatic nitrogens is 3. The highest BCUT2D eigenvalue weighted by molar-refractivity contribution is 5.94. The Hall–Kier alpha value is -4.12. The van der Waals surface area contributed by atoms with Crippen LogP contribution in [0.1, 0.15) is 15.9 Å². The molecular weight excluding hydrogens is 372 g/mol. The Kier molecular flexibility index (Phi) is 6.01. The highest BCUT2D eigenvalue weighted by atomic mass is 16.1. The number of nitrogens with one attached hydrogen (secondary N) is 3. The van der Waals surface area contributed by atoms with Crippen molar-refractivity contribution in [2.24, 2.45) is 0 Å². The van der Waals surface area contributed by atoms with E-state index in [9.17, 15) is 4.79 Å². The quantitative estimate of drug-likeness (QED) is 0.336. The molecule has 5 heteroatoms. The van der Waals surface area contributed by atoms with E-state index in [1.165, 1.54) is 5.56 Å². The Labute approximate surface area is 174 Å². The van der Waals surface area contributed by atoms with Gasteiger partial charge in [-0.2, -0.15) is 5.10 Å². The van der Waals surface area contributed by atoms with Crippen LogP contribution in [0.25, 0.3) is 22.3 Å². The third kappa shape index (κ3) is 4.64. The van der Waals surface area contributed by atoms with Crippen molar-refractivity contribution in [3.63, 3.8) is 0 Å². The molecule has 0 aliphatic rings. The Bertz CT molecular complexity index is 1200. The van der Waals surface area contributed by atoms with E-state index in [1.54, 1.807) is 12.1 Å². The van der Waals surface area contributed by atoms with E-state index in [0.717, 1.165) is 46.4 Å². The zero-order valence-corrected chi connectivity index (χ0v) is 16.4. The first kappa shape index (κ1) is 19.2. The highest BCUT2D eigenvalue weighted by Crippen LogP contribution is 2.27. The number of fused-ring (bicyclic) bond motifs is 1. The predicted molar refractivity (Wildman–Crippen MR) is 121 cm³/mol. The summed E-state index contributed by atoms with van der Waals surface area (Å²) in [5.74, 6) is 0. The molecule has 0 unspecified atom stereocenters. The molecule has 0 fully saturated rings. The van der Waals surface area contributed by atoms with Gasteiger partial charge in [0.1, 0.15) is 12.0 Å². The second kappa shape index (κ2) is 9.39. The van der Waals surface area contributed by atoms with Crippen molar-refractivity contribution in [1.82, 2.24) is 15.2 Å². The molecule has 2 aromatic heterocycles. The molecule has 0 saturated heterocycles. The second-order valence-electron chi connectivity index (χ2n) is 6.78. The molecule has 0 aliphatic carbocycles. The molecular formula is C25H22N4O. The molecule has 5 rings (SSSR count). The lowest BCUT2D eigenvalue weighted by molar-refractivity contribution is 0.112. The Morgan fingerprint density at radius 1 is 0.867 bits per heavy atom. The number of carbonyl (C=O) groups is 1. The number of rotatable bonds is 5. The number of anilines is 1. The van der Waals surface area contributed by atoms with E-state index in [1.807, 2.05) is 42.6 Å². The maximum atomic E-state index is 10.0. The van der Waals surface area contributed by atoms with Gasteiger partial charge in [0.2, 0.25) is 0 Å². The smallest absolute Gasteiger partial charge is 0.150 e. The standard InChI is InChI=1S/C18H16N4.C7H6O/c1-2-5-13(6-3-1)12-20-14-8-9-16-15(11-14)18(22-21-16)17-7-4-10-19-17;8-6-7-4-2-1-3-5-7/h1-11,19-20H,12H2,(H,21,22);1-6H. The van der Waals surface area contributed by atoms with Crippen molar-refractivity contribution in [2.75, 3.05) is 5.32 Å². The predicted octanol–water partition coefficient (Wildman–Crippen LogP) is 5.67. The van der Waals surface area contributed by atoms with E-state index in [2.05, 4.69) is 63.0 Å². The van der Waals surface area contributed by atoms with Gasteiger partial charge in [-0.1, -0.05) is 60.7 Å². The average Bonchev–Trinajstić information content (AvgIpc) is 3.49. The van der Waals surface area contributed by atoms with Gasteiger partial charge in [0, 0.05) is 29.4 Å². The molecule has 0 atom stereocenters. The molecule has 0 radical (unpaired) electrons. The van der Waals surface area contributed by atoms with Crippen LogP contribution >= 0.6 is 0 Å². The van der Waals surface area contributed by atoms with E-state index in [-0.39, 0.29) is 0 Å². The SMILES string of the molecule is O=Cc1ccccc1.c1ccc(CNc2ccc3[nH]nc(-c4ccc[nH]4)c3c2)cc1. The molecule has 0 bridgehead atoms. The first-order valence-electron chi connectivity index (χ1n) is 9.73. The molecule has 0 saturated carbocycles. The number of benzene rings is 3. The number of aromatic amines is 2. The van der Waals surface area contributed by atoms with Crippen LogP contribution in [-0.2, 0) is 6.54 Å². The minimum atomic E-state index is 0.729. The molecule has 0 aliphatic heterocycles. The van der Waals surface area contributed by atoms with Gasteiger partial charge in [0.05, 0.1) is 11.2 Å². The van der Waals surface area contributed by atoms with Gasteiger partial charge in [-0.3, -0.25) is 9.89 Å². The first-order chi connectivity index (χ1) is 14.8. The van der Waals surface area contributed by atoms with Crippen LogP contribution in [0.4, 0.5) is 5.69 Å². The zero-order chi connectivity index (χ0) is 20.6. The summed E-state index contributed by atoms with van der Waals surface area (Å²) in [5.41, 5.74) is 6.09. The summed E-state index contributed by atoms with van der Waals surface area (Å²) in [6.45, 7) is 0.808. The maximum absolute atomic E-state index is 10.0. The summed E-state index contributed by atoms with van der Waals surface area (Å²) < 4.78 is 0. The van der Waals surface area contributed by atoms with E-state index >= 15 is 0 Å². The molecule has 5 aromatic rings. The molecule has 0 spiro atoms. The molecule has 0 amide bonds. The summed E-state index contributed by atoms with van der Waals surface area (Å²) in [4.78, 5) is 13.2. The van der Waals surface area contributed by atoms with Gasteiger partial charge >= 0.3 is 0 Å². The average molecular weight is 394 g/mol. The van der Waals surface area contributed by atoms with Crippen LogP contribution in [0.3, 0.4) is 0 Å². The molecule has 5 nitrogen and oxygen atoms in total. The summed E-state index contributed by atoms with van der Waals surface area (Å²) in [5, 5.41) is 12.1. The van der Waals surface area contributed by atoms with Crippen LogP contribution < -0.4 is 5.32 Å². The van der Waals surface area contributed by atoms with Crippen LogP contribution in [-0.4, -0.2) is 21.5 Å². The molecule has 2 heterocycles. The van der Waals surface area contributed by atoms with Crippen LogP contribution in [0.15, 0.2) is 97.2 Å². The van der Waals surface area contributed by atoms with Gasteiger partial charge in [-0.15, -0.1) is 0 Å². The lowest BCUT2D eigenvalue weighted by atomic mass is 10.1. The van der Waals surface area contributed by atoms with E-state index in [0.29, 0.717) is 0 Å². The van der Waals surface area contributed by atoms with Crippen molar-refractivity contribution >= 4 is 22.9 Å². The van der Waals surface area contributed by atoms with Gasteiger partial charge in [0.15, 0.2) is 0 Å². The minimum absolute atomic E-state index is 0.729. The number of H-pyrrole nitrogens is 2. The molecule has 148 valence electrons. The second-order valence-corrected chi connectivity index (χ2v) is 6.78. The lowest BCUT2D eigenvalue weighted by Gasteiger charge is -2.06. The number of nitrogens with zero attached hydrogens (tertiary/aromatic N) is 1. The fraction of sp³-hybridized carbons (Fsp3) is 0.0400. The third-order valence-electron chi connectivity index (χ3n) is 4.69. The Balaban J connectivity index is 0.000000230. The Morgan fingerprint density at radius 3 is 2.30 bits per heavy atom. The van der Waals surface area contributed by atoms with Crippen molar-refractivity contribution < 1.29 is 4.79 Å². The van der Waals surface area contributed by atoms with Crippen LogP contribution in [0.2, 0.25) is 0 Å². The topological polar surface area (TPSA) is 73.6 Å². The van der Waals surface area contributed by atoms with Gasteiger partial charge in [-0.05, 0) is 35.9 Å². The summed E-state index contributed by atoms with van der Waals surface area (Å²) in [7, 11) is 0. The summed E-state index contributed by atoms with van der Waals surface area (Å²) >= 11 is 0. The maximum Gasteiger partial charge on any atom is 0.150 e. The van der Waals surface area contributed by atoms with E-state index in [4.69, 9.17) is 0 Å². The van der Waals surface area contributed by atoms with Gasteiger partial charge in [0.25, 0.3) is 0 Å². The summed E-state index contributed by atoms with van der Waals surface area (Å²) in [6, 6.07) is 29.7. The number of carbonyl (C=O) groups excluding carboxylic acids is 1. The Morgan fingerprint density at radius 2 is 1.63 bits per heavy atom. The number of hydrogen-bond acceptors (Lipinski definition) is 3. The fourth-order valence-electron chi connectivity index (χ4n) is 3.14. The van der Waals surface area contributed by atoms with Crippen LogP contribution in [0, 0.1) is 0 Å². The molecule has 30 heavy (non-hydrogen) atoms. The van der Waals surface area contributed by atoms with Crippen molar-refractivity contribution in [3.05, 3.63) is 108 Å². The summed E-state index contributed by atoms with van der Waals surface area (Å²) in [6.07, 6.45) is 2.74. The third-order valence-corrected chi connectivity index (χ3v) is 4.69.